The van der Waals surface area contributed by atoms with E-state index in [4.69, 9.17) is 0 Å². The maximum absolute atomic E-state index is 12.1. The van der Waals surface area contributed by atoms with Crippen molar-refractivity contribution in [3.05, 3.63) is 108 Å². The zero-order valence-corrected chi connectivity index (χ0v) is 23.0. The quantitative estimate of drug-likeness (QED) is 0.193. The summed E-state index contributed by atoms with van der Waals surface area (Å²) >= 11 is 1.75. The van der Waals surface area contributed by atoms with Gasteiger partial charge < -0.3 is 4.55 Å². The Labute approximate surface area is 226 Å². The second-order valence-electron chi connectivity index (χ2n) is 8.63. The molecule has 0 aliphatic rings. The Balaban J connectivity index is 0.000000257. The Morgan fingerprint density at radius 2 is 1.61 bits per heavy atom. The molecule has 6 nitrogen and oxygen atoms in total. The highest BCUT2D eigenvalue weighted by Gasteiger charge is 2.20. The third-order valence-electron chi connectivity index (χ3n) is 5.98. The highest BCUT2D eigenvalue weighted by molar-refractivity contribution is 7.85. The standard InChI is InChI=1S/C23H21N2OS.C7H8O3S/c1-3-24-22(15-16-25(17(2)26)19-10-5-4-6-11-19)27-21-14-13-18-9-7-8-12-20(18)23(21)24;1-6-2-4-7(5-3-6)11(8,9)10/h4-16H,3H2,1-2H3;2-5H,1H3,(H,8,9,10)/q+1;/p-1. The van der Waals surface area contributed by atoms with Crippen LogP contribution in [-0.2, 0) is 21.5 Å². The van der Waals surface area contributed by atoms with E-state index in [2.05, 4.69) is 47.9 Å². The molecule has 4 aromatic carbocycles. The van der Waals surface area contributed by atoms with Crippen LogP contribution in [0.4, 0.5) is 5.69 Å². The molecule has 5 rings (SSSR count). The first-order valence-electron chi connectivity index (χ1n) is 12.1. The van der Waals surface area contributed by atoms with Crippen molar-refractivity contribution in [3.8, 4) is 0 Å². The van der Waals surface area contributed by atoms with E-state index in [9.17, 15) is 17.8 Å². The molecule has 0 unspecified atom stereocenters. The third kappa shape index (κ3) is 6.16. The van der Waals surface area contributed by atoms with Gasteiger partial charge in [0.2, 0.25) is 11.4 Å². The van der Waals surface area contributed by atoms with Gasteiger partial charge in [-0.3, -0.25) is 9.69 Å². The predicted molar refractivity (Wildman–Crippen MR) is 153 cm³/mol. The summed E-state index contributed by atoms with van der Waals surface area (Å²) in [5.74, 6) is -0.00735. The maximum Gasteiger partial charge on any atom is 0.264 e. The van der Waals surface area contributed by atoms with Gasteiger partial charge in [-0.05, 0) is 55.6 Å². The van der Waals surface area contributed by atoms with Crippen LogP contribution < -0.4 is 9.47 Å². The maximum atomic E-state index is 12.1. The number of fused-ring (bicyclic) bond motifs is 3. The van der Waals surface area contributed by atoms with Gasteiger partial charge in [0.05, 0.1) is 10.3 Å². The summed E-state index contributed by atoms with van der Waals surface area (Å²) in [4.78, 5) is 13.6. The zero-order valence-electron chi connectivity index (χ0n) is 21.4. The SMILES string of the molecule is CC[n+]1c(/C=C/N(C(C)=O)c2ccccc2)sc2ccc3ccccc3c21.Cc1ccc(S(=O)(=O)[O-])cc1. The summed E-state index contributed by atoms with van der Waals surface area (Å²) in [5, 5.41) is 3.64. The number of carbonyl (C=O) groups excluding carboxylic acids is 1. The van der Waals surface area contributed by atoms with E-state index in [1.807, 2.05) is 49.5 Å². The molecule has 0 bridgehead atoms. The summed E-state index contributed by atoms with van der Waals surface area (Å²) in [7, 11) is -4.27. The predicted octanol–water partition coefficient (Wildman–Crippen LogP) is 6.28. The molecule has 0 aliphatic carbocycles. The van der Waals surface area contributed by atoms with E-state index in [0.717, 1.165) is 22.8 Å². The second-order valence-corrected chi connectivity index (χ2v) is 11.1. The fourth-order valence-electron chi connectivity index (χ4n) is 4.12. The number of amides is 1. The number of carbonyl (C=O) groups is 1. The summed E-state index contributed by atoms with van der Waals surface area (Å²) in [5.41, 5.74) is 3.06. The Hall–Kier alpha value is -3.85. The molecule has 0 atom stereocenters. The van der Waals surface area contributed by atoms with E-state index < -0.39 is 10.1 Å². The molecule has 1 aromatic heterocycles. The zero-order chi connectivity index (χ0) is 27.3. The molecule has 5 aromatic rings. The molecule has 38 heavy (non-hydrogen) atoms. The number of hydrogen-bond acceptors (Lipinski definition) is 5. The molecule has 1 amide bonds. The van der Waals surface area contributed by atoms with Crippen LogP contribution in [0.1, 0.15) is 24.4 Å². The first-order valence-corrected chi connectivity index (χ1v) is 14.3. The van der Waals surface area contributed by atoms with Gasteiger partial charge in [-0.25, -0.2) is 8.42 Å². The Kier molecular flexibility index (Phi) is 8.36. The number of hydrogen-bond donors (Lipinski definition) is 0. The summed E-state index contributed by atoms with van der Waals surface area (Å²) < 4.78 is 34.7. The van der Waals surface area contributed by atoms with Gasteiger partial charge in [-0.2, -0.15) is 4.57 Å². The van der Waals surface area contributed by atoms with E-state index in [1.54, 1.807) is 35.3 Å². The first kappa shape index (κ1) is 27.2. The molecule has 0 N–H and O–H groups in total. The lowest BCUT2D eigenvalue weighted by Crippen LogP contribution is -2.33. The van der Waals surface area contributed by atoms with E-state index in [1.165, 1.54) is 33.1 Å². The molecule has 1 heterocycles. The minimum atomic E-state index is -4.27. The van der Waals surface area contributed by atoms with Crippen LogP contribution in [-0.4, -0.2) is 18.9 Å². The number of aromatic nitrogens is 1. The van der Waals surface area contributed by atoms with E-state index in [0.29, 0.717) is 0 Å². The van der Waals surface area contributed by atoms with E-state index >= 15 is 0 Å². The van der Waals surface area contributed by atoms with Gasteiger partial charge in [-0.1, -0.05) is 71.5 Å². The lowest BCUT2D eigenvalue weighted by Gasteiger charge is -2.15. The smallest absolute Gasteiger partial charge is 0.264 e. The molecular weight excluding hydrogens is 516 g/mol. The lowest BCUT2D eigenvalue weighted by atomic mass is 10.1. The topological polar surface area (TPSA) is 81.4 Å². The second kappa shape index (κ2) is 11.7. The van der Waals surface area contributed by atoms with Crippen molar-refractivity contribution in [3.63, 3.8) is 0 Å². The molecular formula is C30H28N2O4S2. The minimum absolute atomic E-state index is 0.00735. The van der Waals surface area contributed by atoms with Crippen LogP contribution in [0, 0.1) is 6.92 Å². The lowest BCUT2D eigenvalue weighted by molar-refractivity contribution is -0.664. The molecule has 0 fully saturated rings. The average Bonchev–Trinajstić information content (AvgIpc) is 3.27. The number of rotatable bonds is 5. The van der Waals surface area contributed by atoms with Crippen molar-refractivity contribution >= 4 is 60.1 Å². The van der Waals surface area contributed by atoms with Crippen molar-refractivity contribution in [2.75, 3.05) is 4.90 Å². The number of thiazole rings is 1. The summed E-state index contributed by atoms with van der Waals surface area (Å²) in [6.45, 7) is 6.44. The van der Waals surface area contributed by atoms with Gasteiger partial charge in [0, 0.05) is 24.9 Å². The third-order valence-corrected chi connectivity index (χ3v) is 7.94. The fourth-order valence-corrected chi connectivity index (χ4v) is 5.72. The number of para-hydroxylation sites is 1. The van der Waals surface area contributed by atoms with Crippen LogP contribution in [0.25, 0.3) is 27.1 Å². The van der Waals surface area contributed by atoms with Crippen LogP contribution in [0.15, 0.2) is 102 Å². The Morgan fingerprint density at radius 1 is 0.947 bits per heavy atom. The normalized spacial score (nSPS) is 11.5. The molecule has 8 heteroatoms. The number of anilines is 1. The monoisotopic (exact) mass is 544 g/mol. The number of nitrogens with zero attached hydrogens (tertiary/aromatic N) is 2. The minimum Gasteiger partial charge on any atom is -0.744 e. The van der Waals surface area contributed by atoms with Crippen LogP contribution in [0.3, 0.4) is 0 Å². The Morgan fingerprint density at radius 3 is 2.24 bits per heavy atom. The fraction of sp³-hybridized carbons (Fsp3) is 0.133. The van der Waals surface area contributed by atoms with Gasteiger partial charge in [0.15, 0.2) is 0 Å². The Bertz CT molecular complexity index is 1710. The van der Waals surface area contributed by atoms with Crippen molar-refractivity contribution in [2.24, 2.45) is 0 Å². The molecule has 194 valence electrons. The molecule has 0 saturated heterocycles. The number of aryl methyl sites for hydroxylation is 2. The van der Waals surface area contributed by atoms with Crippen molar-refractivity contribution in [2.45, 2.75) is 32.2 Å². The van der Waals surface area contributed by atoms with Crippen molar-refractivity contribution in [1.82, 2.24) is 0 Å². The largest absolute Gasteiger partial charge is 0.744 e. The van der Waals surface area contributed by atoms with Crippen molar-refractivity contribution < 1.29 is 22.3 Å². The summed E-state index contributed by atoms with van der Waals surface area (Å²) in [6.07, 6.45) is 3.91. The molecule has 0 saturated carbocycles. The van der Waals surface area contributed by atoms with Crippen LogP contribution in [0.5, 0.6) is 0 Å². The molecule has 0 aliphatic heterocycles. The first-order chi connectivity index (χ1) is 18.2. The number of benzene rings is 4. The van der Waals surface area contributed by atoms with Crippen molar-refractivity contribution in [1.29, 1.82) is 0 Å². The summed E-state index contributed by atoms with van der Waals surface area (Å²) in [6, 6.07) is 28.3. The van der Waals surface area contributed by atoms with Crippen LogP contribution in [0.2, 0.25) is 0 Å². The highest BCUT2D eigenvalue weighted by atomic mass is 32.2. The average molecular weight is 545 g/mol. The molecule has 0 spiro atoms. The highest BCUT2D eigenvalue weighted by Crippen LogP contribution is 2.29. The van der Waals surface area contributed by atoms with Gasteiger partial charge in [0.1, 0.15) is 21.4 Å². The van der Waals surface area contributed by atoms with Gasteiger partial charge in [0.25, 0.3) is 5.01 Å². The van der Waals surface area contributed by atoms with Gasteiger partial charge >= 0.3 is 0 Å². The van der Waals surface area contributed by atoms with E-state index in [-0.39, 0.29) is 10.8 Å². The van der Waals surface area contributed by atoms with Crippen LogP contribution >= 0.6 is 11.3 Å². The van der Waals surface area contributed by atoms with Gasteiger partial charge in [-0.15, -0.1) is 0 Å². The molecule has 0 radical (unpaired) electrons.